The Labute approximate surface area is 135 Å². The van der Waals surface area contributed by atoms with Gasteiger partial charge in [-0.25, -0.2) is 0 Å². The summed E-state index contributed by atoms with van der Waals surface area (Å²) in [6.07, 6.45) is 3.46. The van der Waals surface area contributed by atoms with E-state index < -0.39 is 0 Å². The third kappa shape index (κ3) is 3.90. The summed E-state index contributed by atoms with van der Waals surface area (Å²) < 4.78 is 17.8. The van der Waals surface area contributed by atoms with Crippen LogP contribution in [0.1, 0.15) is 37.8 Å². The second-order valence-electron chi connectivity index (χ2n) is 5.21. The lowest BCUT2D eigenvalue weighted by molar-refractivity contribution is 0.0774. The molecule has 1 aromatic rings. The number of ether oxygens (including phenoxy) is 3. The molecule has 21 heavy (non-hydrogen) atoms. The highest BCUT2D eigenvalue weighted by molar-refractivity contribution is 9.10. The quantitative estimate of drug-likeness (QED) is 0.807. The molecule has 1 saturated heterocycles. The van der Waals surface area contributed by atoms with E-state index in [9.17, 15) is 0 Å². The number of benzene rings is 1. The first-order valence-corrected chi connectivity index (χ1v) is 8.27. The number of methoxy groups -OCH3 is 2. The van der Waals surface area contributed by atoms with Gasteiger partial charge in [-0.05, 0) is 53.9 Å². The van der Waals surface area contributed by atoms with Crippen LogP contribution in [0, 0.1) is 0 Å². The predicted octanol–water partition coefficient (Wildman–Crippen LogP) is 3.69. The van der Waals surface area contributed by atoms with Crippen molar-refractivity contribution in [3.8, 4) is 11.5 Å². The van der Waals surface area contributed by atoms with Gasteiger partial charge in [-0.3, -0.25) is 0 Å². The maximum absolute atomic E-state index is 5.90. The lowest BCUT2D eigenvalue weighted by atomic mass is 9.97. The smallest absolute Gasteiger partial charge is 0.133 e. The molecule has 1 aliphatic heterocycles. The van der Waals surface area contributed by atoms with Crippen LogP contribution in [-0.4, -0.2) is 33.5 Å². The Hall–Kier alpha value is -0.780. The second-order valence-corrected chi connectivity index (χ2v) is 6.07. The van der Waals surface area contributed by atoms with Crippen molar-refractivity contribution in [2.24, 2.45) is 0 Å². The van der Waals surface area contributed by atoms with E-state index in [-0.39, 0.29) is 12.1 Å². The minimum Gasteiger partial charge on any atom is -0.496 e. The molecule has 0 bridgehead atoms. The maximum atomic E-state index is 5.90. The Morgan fingerprint density at radius 3 is 2.67 bits per heavy atom. The van der Waals surface area contributed by atoms with E-state index in [4.69, 9.17) is 14.2 Å². The number of nitrogens with one attached hydrogen (secondary N) is 1. The van der Waals surface area contributed by atoms with Gasteiger partial charge >= 0.3 is 0 Å². The van der Waals surface area contributed by atoms with Gasteiger partial charge in [-0.2, -0.15) is 0 Å². The summed E-state index contributed by atoms with van der Waals surface area (Å²) in [4.78, 5) is 0. The van der Waals surface area contributed by atoms with Crippen LogP contribution >= 0.6 is 15.9 Å². The van der Waals surface area contributed by atoms with Crippen molar-refractivity contribution < 1.29 is 14.2 Å². The molecular weight excluding hydrogens is 334 g/mol. The van der Waals surface area contributed by atoms with Crippen LogP contribution < -0.4 is 14.8 Å². The summed E-state index contributed by atoms with van der Waals surface area (Å²) in [6.45, 7) is 3.95. The number of halogens is 1. The van der Waals surface area contributed by atoms with Crippen LogP contribution in [0.3, 0.4) is 0 Å². The molecule has 0 spiro atoms. The monoisotopic (exact) mass is 357 g/mol. The Kier molecular flexibility index (Phi) is 6.33. The van der Waals surface area contributed by atoms with E-state index in [1.165, 1.54) is 0 Å². The molecule has 0 amide bonds. The summed E-state index contributed by atoms with van der Waals surface area (Å²) in [7, 11) is 3.38. The van der Waals surface area contributed by atoms with Gasteiger partial charge in [-0.1, -0.05) is 6.92 Å². The van der Waals surface area contributed by atoms with Gasteiger partial charge in [0.25, 0.3) is 0 Å². The minimum atomic E-state index is 0.129. The van der Waals surface area contributed by atoms with E-state index in [0.717, 1.165) is 53.9 Å². The topological polar surface area (TPSA) is 39.7 Å². The van der Waals surface area contributed by atoms with Gasteiger partial charge in [0.2, 0.25) is 0 Å². The summed E-state index contributed by atoms with van der Waals surface area (Å²) in [5, 5.41) is 3.60. The molecule has 1 heterocycles. The number of rotatable bonds is 7. The molecule has 1 N–H and O–H groups in total. The molecule has 2 atom stereocenters. The SMILES string of the molecule is CCCNC(c1cc(OC)c(Br)cc1OC)C1CCCO1. The van der Waals surface area contributed by atoms with Gasteiger partial charge in [0.1, 0.15) is 11.5 Å². The summed E-state index contributed by atoms with van der Waals surface area (Å²) in [6, 6.07) is 4.13. The van der Waals surface area contributed by atoms with Crippen molar-refractivity contribution in [2.75, 3.05) is 27.4 Å². The molecule has 2 rings (SSSR count). The van der Waals surface area contributed by atoms with Gasteiger partial charge in [0, 0.05) is 12.2 Å². The highest BCUT2D eigenvalue weighted by Crippen LogP contribution is 2.39. The van der Waals surface area contributed by atoms with Crippen LogP contribution in [0.15, 0.2) is 16.6 Å². The van der Waals surface area contributed by atoms with E-state index >= 15 is 0 Å². The molecule has 2 unspecified atom stereocenters. The normalized spacial score (nSPS) is 19.5. The van der Waals surface area contributed by atoms with Crippen LogP contribution in [0.5, 0.6) is 11.5 Å². The molecule has 0 saturated carbocycles. The molecule has 118 valence electrons. The zero-order chi connectivity index (χ0) is 15.2. The van der Waals surface area contributed by atoms with Crippen LogP contribution in [-0.2, 0) is 4.74 Å². The van der Waals surface area contributed by atoms with Gasteiger partial charge in [-0.15, -0.1) is 0 Å². The molecule has 0 aromatic heterocycles. The third-order valence-electron chi connectivity index (χ3n) is 3.79. The maximum Gasteiger partial charge on any atom is 0.133 e. The van der Waals surface area contributed by atoms with Gasteiger partial charge < -0.3 is 19.5 Å². The zero-order valence-corrected chi connectivity index (χ0v) is 14.5. The Balaban J connectivity index is 2.36. The molecular formula is C16H24BrNO3. The van der Waals surface area contributed by atoms with E-state index in [0.29, 0.717) is 0 Å². The standard InChI is InChI=1S/C16H24BrNO3/c1-4-7-18-16(13-6-5-8-21-13)11-9-15(20-3)12(17)10-14(11)19-2/h9-10,13,16,18H,4-8H2,1-3H3. The number of hydrogen-bond donors (Lipinski definition) is 1. The summed E-state index contributed by atoms with van der Waals surface area (Å²) in [5.41, 5.74) is 1.10. The van der Waals surface area contributed by atoms with Crippen molar-refractivity contribution in [1.29, 1.82) is 0 Å². The molecule has 5 heteroatoms. The van der Waals surface area contributed by atoms with E-state index in [1.54, 1.807) is 14.2 Å². The first-order valence-electron chi connectivity index (χ1n) is 7.47. The molecule has 0 radical (unpaired) electrons. The number of hydrogen-bond acceptors (Lipinski definition) is 4. The van der Waals surface area contributed by atoms with Crippen molar-refractivity contribution in [3.05, 3.63) is 22.2 Å². The fourth-order valence-electron chi connectivity index (χ4n) is 2.73. The average molecular weight is 358 g/mol. The van der Waals surface area contributed by atoms with Crippen molar-refractivity contribution in [1.82, 2.24) is 5.32 Å². The molecule has 0 aliphatic carbocycles. The average Bonchev–Trinajstić information content (AvgIpc) is 3.02. The first kappa shape index (κ1) is 16.6. The second kappa shape index (κ2) is 8.01. The Bertz CT molecular complexity index is 461. The zero-order valence-electron chi connectivity index (χ0n) is 12.9. The van der Waals surface area contributed by atoms with E-state index in [1.807, 2.05) is 12.1 Å². The van der Waals surface area contributed by atoms with Gasteiger partial charge in [0.05, 0.1) is 30.8 Å². The molecule has 1 fully saturated rings. The fourth-order valence-corrected chi connectivity index (χ4v) is 3.22. The fraction of sp³-hybridized carbons (Fsp3) is 0.625. The summed E-state index contributed by atoms with van der Waals surface area (Å²) >= 11 is 3.51. The third-order valence-corrected chi connectivity index (χ3v) is 4.41. The molecule has 1 aromatic carbocycles. The van der Waals surface area contributed by atoms with Crippen molar-refractivity contribution in [2.45, 2.75) is 38.3 Å². The highest BCUT2D eigenvalue weighted by Gasteiger charge is 2.29. The summed E-state index contributed by atoms with van der Waals surface area (Å²) in [5.74, 6) is 1.67. The van der Waals surface area contributed by atoms with Crippen LogP contribution in [0.2, 0.25) is 0 Å². The van der Waals surface area contributed by atoms with Gasteiger partial charge in [0.15, 0.2) is 0 Å². The molecule has 4 nitrogen and oxygen atoms in total. The Morgan fingerprint density at radius 2 is 2.10 bits per heavy atom. The largest absolute Gasteiger partial charge is 0.496 e. The van der Waals surface area contributed by atoms with Crippen LogP contribution in [0.25, 0.3) is 0 Å². The minimum absolute atomic E-state index is 0.129. The Morgan fingerprint density at radius 1 is 1.33 bits per heavy atom. The lowest BCUT2D eigenvalue weighted by Gasteiger charge is -2.27. The molecule has 1 aliphatic rings. The first-order chi connectivity index (χ1) is 10.2. The van der Waals surface area contributed by atoms with Crippen molar-refractivity contribution in [3.63, 3.8) is 0 Å². The van der Waals surface area contributed by atoms with E-state index in [2.05, 4.69) is 28.2 Å². The van der Waals surface area contributed by atoms with Crippen molar-refractivity contribution >= 4 is 15.9 Å². The highest BCUT2D eigenvalue weighted by atomic mass is 79.9. The predicted molar refractivity (Wildman–Crippen MR) is 87.3 cm³/mol. The van der Waals surface area contributed by atoms with Crippen LogP contribution in [0.4, 0.5) is 0 Å². The lowest BCUT2D eigenvalue weighted by Crippen LogP contribution is -2.32.